The number of aryl methyl sites for hydroxylation is 1. The number of anilines is 1. The smallest absolute Gasteiger partial charge is 0.414 e. The van der Waals surface area contributed by atoms with E-state index in [-0.39, 0.29) is 18.9 Å². The molecular formula is C26H32N2O6. The molecule has 2 aromatic carbocycles. The largest absolute Gasteiger partial charge is 0.481 e. The zero-order valence-corrected chi connectivity index (χ0v) is 19.3. The number of amides is 1. The minimum absolute atomic E-state index is 0.214. The molecule has 2 aliphatic rings. The summed E-state index contributed by atoms with van der Waals surface area (Å²) in [4.78, 5) is 33.8. The van der Waals surface area contributed by atoms with E-state index in [9.17, 15) is 14.4 Å². The fourth-order valence-electron chi connectivity index (χ4n) is 4.15. The molecule has 8 nitrogen and oxygen atoms in total. The van der Waals surface area contributed by atoms with Crippen molar-refractivity contribution in [3.05, 3.63) is 64.7 Å². The first kappa shape index (κ1) is 25.2. The van der Waals surface area contributed by atoms with Gasteiger partial charge in [0.1, 0.15) is 0 Å². The second kappa shape index (κ2) is 12.7. The van der Waals surface area contributed by atoms with Gasteiger partial charge in [0.25, 0.3) is 0 Å². The van der Waals surface area contributed by atoms with Crippen LogP contribution >= 0.6 is 0 Å². The molecule has 1 amide bonds. The molecule has 4 rings (SSSR count). The zero-order chi connectivity index (χ0) is 24.3. The lowest BCUT2D eigenvalue weighted by Gasteiger charge is -2.30. The van der Waals surface area contributed by atoms with Crippen LogP contribution in [0.5, 0.6) is 0 Å². The number of ether oxygens (including phenoxy) is 1. The number of nitrogens with one attached hydrogen (secondary N) is 1. The van der Waals surface area contributed by atoms with Gasteiger partial charge in [0.15, 0.2) is 0 Å². The highest BCUT2D eigenvalue weighted by molar-refractivity contribution is 5.89. The number of carbonyl (C=O) groups is 3. The molecule has 0 aliphatic carbocycles. The van der Waals surface area contributed by atoms with E-state index in [2.05, 4.69) is 29.6 Å². The van der Waals surface area contributed by atoms with Crippen LogP contribution in [0.2, 0.25) is 0 Å². The number of hydrogen-bond donors (Lipinski definition) is 3. The summed E-state index contributed by atoms with van der Waals surface area (Å²) in [5.41, 5.74) is 6.35. The third-order valence-corrected chi connectivity index (χ3v) is 5.89. The van der Waals surface area contributed by atoms with Gasteiger partial charge in [-0.2, -0.15) is 0 Å². The molecule has 0 unspecified atom stereocenters. The maximum atomic E-state index is 12.7. The second-order valence-corrected chi connectivity index (χ2v) is 8.39. The summed E-state index contributed by atoms with van der Waals surface area (Å²) in [5.74, 6) is -2.15. The van der Waals surface area contributed by atoms with Crippen molar-refractivity contribution in [2.45, 2.75) is 44.9 Å². The lowest BCUT2D eigenvalue weighted by Crippen LogP contribution is -2.36. The number of carboxylic acid groups (broad SMARTS) is 2. The van der Waals surface area contributed by atoms with Crippen molar-refractivity contribution in [3.8, 4) is 0 Å². The average molecular weight is 469 g/mol. The molecule has 0 spiro atoms. The van der Waals surface area contributed by atoms with Gasteiger partial charge in [-0.3, -0.25) is 14.5 Å². The van der Waals surface area contributed by atoms with Gasteiger partial charge in [-0.05, 0) is 67.1 Å². The van der Waals surface area contributed by atoms with Gasteiger partial charge in [-0.15, -0.1) is 0 Å². The number of carbonyl (C=O) groups excluding carboxylic acids is 1. The minimum atomic E-state index is -1.08. The van der Waals surface area contributed by atoms with Crippen molar-refractivity contribution >= 4 is 23.7 Å². The average Bonchev–Trinajstić information content (AvgIpc) is 3.07. The van der Waals surface area contributed by atoms with E-state index in [1.54, 1.807) is 0 Å². The SMILES string of the molecule is O=C(O)CCC(=O)O.O=C(OCCc1ccccc1)N1CCCc2cc3c(cc21)CCNCC3. The summed E-state index contributed by atoms with van der Waals surface area (Å²) < 4.78 is 5.59. The van der Waals surface area contributed by atoms with E-state index < -0.39 is 11.9 Å². The third kappa shape index (κ3) is 7.59. The number of fused-ring (bicyclic) bond motifs is 2. The molecule has 2 heterocycles. The Balaban J connectivity index is 0.000000350. The van der Waals surface area contributed by atoms with Crippen molar-refractivity contribution in [2.24, 2.45) is 0 Å². The Labute approximate surface area is 199 Å². The Morgan fingerprint density at radius 3 is 2.18 bits per heavy atom. The quantitative estimate of drug-likeness (QED) is 0.595. The van der Waals surface area contributed by atoms with Crippen LogP contribution in [0.4, 0.5) is 10.5 Å². The number of benzene rings is 2. The fraction of sp³-hybridized carbons (Fsp3) is 0.423. The Bertz CT molecular complexity index is 978. The minimum Gasteiger partial charge on any atom is -0.481 e. The zero-order valence-electron chi connectivity index (χ0n) is 19.3. The molecule has 0 aromatic heterocycles. The normalized spacial score (nSPS) is 14.5. The van der Waals surface area contributed by atoms with Gasteiger partial charge in [-0.25, -0.2) is 4.79 Å². The van der Waals surface area contributed by atoms with Crippen LogP contribution in [0, 0.1) is 0 Å². The van der Waals surface area contributed by atoms with Crippen LogP contribution in [0.3, 0.4) is 0 Å². The Hall–Kier alpha value is -3.39. The Morgan fingerprint density at radius 1 is 0.882 bits per heavy atom. The van der Waals surface area contributed by atoms with Crippen LogP contribution in [0.15, 0.2) is 42.5 Å². The number of hydrogen-bond acceptors (Lipinski definition) is 5. The van der Waals surface area contributed by atoms with Crippen molar-refractivity contribution in [2.75, 3.05) is 31.1 Å². The van der Waals surface area contributed by atoms with Crippen molar-refractivity contribution in [3.63, 3.8) is 0 Å². The summed E-state index contributed by atoms with van der Waals surface area (Å²) >= 11 is 0. The molecule has 2 aliphatic heterocycles. The highest BCUT2D eigenvalue weighted by Crippen LogP contribution is 2.31. The fourth-order valence-corrected chi connectivity index (χ4v) is 4.15. The molecule has 0 atom stereocenters. The maximum absolute atomic E-state index is 12.7. The van der Waals surface area contributed by atoms with Crippen LogP contribution < -0.4 is 10.2 Å². The highest BCUT2D eigenvalue weighted by Gasteiger charge is 2.25. The van der Waals surface area contributed by atoms with E-state index >= 15 is 0 Å². The first-order chi connectivity index (χ1) is 16.4. The van der Waals surface area contributed by atoms with Crippen molar-refractivity contribution in [1.82, 2.24) is 5.32 Å². The van der Waals surface area contributed by atoms with Gasteiger partial charge in [0, 0.05) is 13.0 Å². The molecule has 0 radical (unpaired) electrons. The van der Waals surface area contributed by atoms with Gasteiger partial charge in [-0.1, -0.05) is 36.4 Å². The maximum Gasteiger partial charge on any atom is 0.414 e. The first-order valence-electron chi connectivity index (χ1n) is 11.7. The third-order valence-electron chi connectivity index (χ3n) is 5.89. The molecule has 182 valence electrons. The number of carboxylic acids is 2. The number of nitrogens with zero attached hydrogens (tertiary/aromatic N) is 1. The molecule has 0 saturated carbocycles. The lowest BCUT2D eigenvalue weighted by atomic mass is 9.93. The molecule has 0 saturated heterocycles. The van der Waals surface area contributed by atoms with Crippen LogP contribution in [0.25, 0.3) is 0 Å². The van der Waals surface area contributed by atoms with Crippen LogP contribution in [-0.4, -0.2) is 54.5 Å². The predicted octanol–water partition coefficient (Wildman–Crippen LogP) is 3.44. The Kier molecular flexibility index (Phi) is 9.46. The van der Waals surface area contributed by atoms with Crippen LogP contribution in [0.1, 0.15) is 41.5 Å². The molecule has 8 heteroatoms. The van der Waals surface area contributed by atoms with Gasteiger partial charge >= 0.3 is 18.0 Å². The van der Waals surface area contributed by atoms with E-state index in [0.29, 0.717) is 6.61 Å². The summed E-state index contributed by atoms with van der Waals surface area (Å²) in [7, 11) is 0. The summed E-state index contributed by atoms with van der Waals surface area (Å²) in [5, 5.41) is 19.3. The van der Waals surface area contributed by atoms with Gasteiger partial charge in [0.05, 0.1) is 25.1 Å². The molecule has 3 N–H and O–H groups in total. The van der Waals surface area contributed by atoms with Gasteiger partial charge < -0.3 is 20.3 Å². The molecule has 2 aromatic rings. The van der Waals surface area contributed by atoms with Crippen molar-refractivity contribution in [1.29, 1.82) is 0 Å². The number of rotatable bonds is 6. The highest BCUT2D eigenvalue weighted by atomic mass is 16.6. The van der Waals surface area contributed by atoms with E-state index in [1.807, 2.05) is 23.1 Å². The molecule has 0 fully saturated rings. The monoisotopic (exact) mass is 468 g/mol. The summed E-state index contributed by atoms with van der Waals surface area (Å²) in [6.07, 6.45) is 4.09. The second-order valence-electron chi connectivity index (χ2n) is 8.39. The summed E-state index contributed by atoms with van der Waals surface area (Å²) in [6.45, 7) is 3.21. The van der Waals surface area contributed by atoms with Gasteiger partial charge in [0.2, 0.25) is 0 Å². The number of aliphatic carboxylic acids is 2. The molecular weight excluding hydrogens is 436 g/mol. The molecule has 34 heavy (non-hydrogen) atoms. The van der Waals surface area contributed by atoms with E-state index in [0.717, 1.165) is 57.4 Å². The first-order valence-corrected chi connectivity index (χ1v) is 11.7. The topological polar surface area (TPSA) is 116 Å². The van der Waals surface area contributed by atoms with Crippen molar-refractivity contribution < 1.29 is 29.3 Å². The lowest BCUT2D eigenvalue weighted by molar-refractivity contribution is -0.143. The van der Waals surface area contributed by atoms with E-state index in [4.69, 9.17) is 14.9 Å². The van der Waals surface area contributed by atoms with Crippen LogP contribution in [-0.2, 0) is 40.0 Å². The Morgan fingerprint density at radius 2 is 1.53 bits per heavy atom. The standard InChI is InChI=1S/C22H26N2O2.C4H6O4/c25-22(26-14-10-17-5-2-1-3-6-17)24-13-4-7-20-15-18-8-11-23-12-9-19(18)16-21(20)24;5-3(6)1-2-4(7)8/h1-3,5-6,15-16,23H,4,7-14H2;1-2H2,(H,5,6)(H,7,8). The predicted molar refractivity (Wildman–Crippen MR) is 128 cm³/mol. The molecule has 0 bridgehead atoms. The van der Waals surface area contributed by atoms with E-state index in [1.165, 1.54) is 22.3 Å². The summed E-state index contributed by atoms with van der Waals surface area (Å²) in [6, 6.07) is 14.7.